The first kappa shape index (κ1) is 17.6. The third-order valence-electron chi connectivity index (χ3n) is 5.60. The van der Waals surface area contributed by atoms with Crippen LogP contribution in [0.5, 0.6) is 0 Å². The number of carbonyl (C=O) groups excluding carboxylic acids is 1. The van der Waals surface area contributed by atoms with Gasteiger partial charge in [0.15, 0.2) is 11.5 Å². The first-order chi connectivity index (χ1) is 13.7. The molecule has 0 bridgehead atoms. The first-order valence-electron chi connectivity index (χ1n) is 9.71. The highest BCUT2D eigenvalue weighted by atomic mass is 32.1. The summed E-state index contributed by atoms with van der Waals surface area (Å²) in [6.45, 7) is 6.75. The van der Waals surface area contributed by atoms with Crippen LogP contribution in [-0.4, -0.2) is 64.8 Å². The van der Waals surface area contributed by atoms with Crippen molar-refractivity contribution in [2.75, 3.05) is 44.3 Å². The third kappa shape index (κ3) is 3.16. The van der Waals surface area contributed by atoms with E-state index in [1.807, 2.05) is 40.0 Å². The molecule has 0 unspecified atom stereocenters. The minimum atomic E-state index is 0.133. The zero-order chi connectivity index (χ0) is 19.1. The molecule has 5 rings (SSSR count). The number of thiophene rings is 1. The van der Waals surface area contributed by atoms with E-state index in [1.54, 1.807) is 0 Å². The lowest BCUT2D eigenvalue weighted by Gasteiger charge is -2.28. The van der Waals surface area contributed by atoms with Crippen molar-refractivity contribution in [2.24, 2.45) is 0 Å². The number of aryl methyl sites for hydroxylation is 1. The van der Waals surface area contributed by atoms with E-state index in [0.717, 1.165) is 66.9 Å². The molecular formula is C20H23N5O2S. The number of aromatic nitrogens is 3. The monoisotopic (exact) mass is 397 g/mol. The number of amides is 1. The third-order valence-corrected chi connectivity index (χ3v) is 6.61. The Labute approximate surface area is 167 Å². The van der Waals surface area contributed by atoms with Crippen molar-refractivity contribution < 1.29 is 9.53 Å². The molecule has 0 saturated carbocycles. The Kier molecular flexibility index (Phi) is 4.52. The lowest BCUT2D eigenvalue weighted by Crippen LogP contribution is -2.36. The van der Waals surface area contributed by atoms with Gasteiger partial charge in [0.25, 0.3) is 5.91 Å². The second kappa shape index (κ2) is 7.18. The fourth-order valence-electron chi connectivity index (χ4n) is 3.96. The Balaban J connectivity index is 1.33. The number of nitrogens with zero attached hydrogens (tertiary/aromatic N) is 5. The van der Waals surface area contributed by atoms with Crippen LogP contribution in [-0.2, 0) is 4.74 Å². The predicted octanol–water partition coefficient (Wildman–Crippen LogP) is 2.57. The van der Waals surface area contributed by atoms with Crippen LogP contribution in [0.3, 0.4) is 0 Å². The van der Waals surface area contributed by atoms with E-state index in [0.29, 0.717) is 6.54 Å². The number of hydrogen-bond acceptors (Lipinski definition) is 6. The van der Waals surface area contributed by atoms with E-state index in [9.17, 15) is 4.79 Å². The highest BCUT2D eigenvalue weighted by Crippen LogP contribution is 2.28. The minimum Gasteiger partial charge on any atom is -0.378 e. The summed E-state index contributed by atoms with van der Waals surface area (Å²) < 4.78 is 7.30. The molecule has 2 aliphatic rings. The fraction of sp³-hybridized carbons (Fsp3) is 0.450. The number of carbonyl (C=O) groups is 1. The molecule has 2 aliphatic heterocycles. The number of likely N-dealkylation sites (tertiary alicyclic amines) is 1. The van der Waals surface area contributed by atoms with Gasteiger partial charge in [-0.3, -0.25) is 4.79 Å². The summed E-state index contributed by atoms with van der Waals surface area (Å²) in [5.41, 5.74) is 3.05. The van der Waals surface area contributed by atoms with Gasteiger partial charge in [0.05, 0.1) is 30.0 Å². The van der Waals surface area contributed by atoms with Crippen LogP contribution in [0.25, 0.3) is 5.65 Å². The molecular weight excluding hydrogens is 374 g/mol. The summed E-state index contributed by atoms with van der Waals surface area (Å²) in [6, 6.07) is 6.12. The minimum absolute atomic E-state index is 0.133. The van der Waals surface area contributed by atoms with Gasteiger partial charge in [-0.15, -0.1) is 11.3 Å². The van der Waals surface area contributed by atoms with Crippen molar-refractivity contribution in [1.29, 1.82) is 0 Å². The van der Waals surface area contributed by atoms with E-state index in [1.165, 1.54) is 11.3 Å². The second-order valence-electron chi connectivity index (χ2n) is 7.43. The molecule has 28 heavy (non-hydrogen) atoms. The zero-order valence-corrected chi connectivity index (χ0v) is 16.7. The van der Waals surface area contributed by atoms with E-state index in [-0.39, 0.29) is 11.8 Å². The smallest absolute Gasteiger partial charge is 0.264 e. The summed E-state index contributed by atoms with van der Waals surface area (Å²) >= 11 is 1.52. The van der Waals surface area contributed by atoms with Gasteiger partial charge < -0.3 is 14.5 Å². The van der Waals surface area contributed by atoms with Crippen LogP contribution in [0.15, 0.2) is 29.8 Å². The van der Waals surface area contributed by atoms with Crippen LogP contribution in [0.1, 0.15) is 33.4 Å². The molecule has 146 valence electrons. The van der Waals surface area contributed by atoms with Gasteiger partial charge >= 0.3 is 0 Å². The average molecular weight is 398 g/mol. The maximum Gasteiger partial charge on any atom is 0.264 e. The molecule has 1 amide bonds. The molecule has 2 fully saturated rings. The number of pyridine rings is 1. The maximum atomic E-state index is 12.8. The molecule has 7 nitrogen and oxygen atoms in total. The number of morpholine rings is 1. The van der Waals surface area contributed by atoms with Crippen LogP contribution >= 0.6 is 11.3 Å². The molecule has 0 aliphatic carbocycles. The predicted molar refractivity (Wildman–Crippen MR) is 108 cm³/mol. The summed E-state index contributed by atoms with van der Waals surface area (Å²) in [6.07, 6.45) is 2.95. The largest absolute Gasteiger partial charge is 0.378 e. The van der Waals surface area contributed by atoms with E-state index in [2.05, 4.69) is 11.0 Å². The van der Waals surface area contributed by atoms with E-state index < -0.39 is 0 Å². The van der Waals surface area contributed by atoms with Gasteiger partial charge in [-0.1, -0.05) is 0 Å². The highest BCUT2D eigenvalue weighted by Gasteiger charge is 2.31. The van der Waals surface area contributed by atoms with Crippen molar-refractivity contribution >= 4 is 28.6 Å². The van der Waals surface area contributed by atoms with Crippen molar-refractivity contribution in [3.8, 4) is 0 Å². The van der Waals surface area contributed by atoms with Crippen LogP contribution in [0, 0.1) is 6.92 Å². The van der Waals surface area contributed by atoms with Crippen LogP contribution < -0.4 is 4.90 Å². The molecule has 0 radical (unpaired) electrons. The summed E-state index contributed by atoms with van der Waals surface area (Å²) in [4.78, 5) is 22.6. The number of hydrogen-bond donors (Lipinski definition) is 0. The SMILES string of the molecule is Cc1ccsc1C(=O)N1CC[C@H](c2nc3ccc(N4CCOCC4)cn3n2)C1. The second-order valence-corrected chi connectivity index (χ2v) is 8.35. The molecule has 0 spiro atoms. The molecule has 3 aromatic rings. The van der Waals surface area contributed by atoms with Gasteiger partial charge in [0.2, 0.25) is 0 Å². The number of rotatable bonds is 3. The Bertz CT molecular complexity index is 1010. The molecule has 0 N–H and O–H groups in total. The summed E-state index contributed by atoms with van der Waals surface area (Å²) in [5.74, 6) is 1.15. The number of ether oxygens (including phenoxy) is 1. The summed E-state index contributed by atoms with van der Waals surface area (Å²) in [5, 5.41) is 6.71. The maximum absolute atomic E-state index is 12.8. The summed E-state index contributed by atoms with van der Waals surface area (Å²) in [7, 11) is 0. The fourth-order valence-corrected chi connectivity index (χ4v) is 4.85. The highest BCUT2D eigenvalue weighted by molar-refractivity contribution is 7.12. The van der Waals surface area contributed by atoms with Crippen molar-refractivity contribution in [1.82, 2.24) is 19.5 Å². The van der Waals surface area contributed by atoms with Crippen molar-refractivity contribution in [3.05, 3.63) is 46.0 Å². The van der Waals surface area contributed by atoms with Crippen molar-refractivity contribution in [3.63, 3.8) is 0 Å². The Morgan fingerprint density at radius 1 is 1.21 bits per heavy atom. The quantitative estimate of drug-likeness (QED) is 0.680. The van der Waals surface area contributed by atoms with Gasteiger partial charge in [0, 0.05) is 32.1 Å². The molecule has 0 aromatic carbocycles. The van der Waals surface area contributed by atoms with Crippen LogP contribution in [0.2, 0.25) is 0 Å². The van der Waals surface area contributed by atoms with E-state index >= 15 is 0 Å². The van der Waals surface area contributed by atoms with Gasteiger partial charge in [-0.2, -0.15) is 5.10 Å². The van der Waals surface area contributed by atoms with Gasteiger partial charge in [-0.05, 0) is 42.5 Å². The van der Waals surface area contributed by atoms with Crippen molar-refractivity contribution in [2.45, 2.75) is 19.3 Å². The first-order valence-corrected chi connectivity index (χ1v) is 10.6. The Morgan fingerprint density at radius 2 is 2.07 bits per heavy atom. The normalized spacial score (nSPS) is 20.2. The topological polar surface area (TPSA) is 63.0 Å². The Hall–Kier alpha value is -2.45. The average Bonchev–Trinajstić information content (AvgIpc) is 3.46. The van der Waals surface area contributed by atoms with Gasteiger partial charge in [0.1, 0.15) is 0 Å². The molecule has 1 atom stereocenters. The molecule has 3 aromatic heterocycles. The number of anilines is 1. The van der Waals surface area contributed by atoms with Crippen LogP contribution in [0.4, 0.5) is 5.69 Å². The lowest BCUT2D eigenvalue weighted by molar-refractivity contribution is 0.0794. The van der Waals surface area contributed by atoms with Gasteiger partial charge in [-0.25, -0.2) is 9.50 Å². The molecule has 2 saturated heterocycles. The molecule has 5 heterocycles. The molecule has 8 heteroatoms. The zero-order valence-electron chi connectivity index (χ0n) is 15.9. The Morgan fingerprint density at radius 3 is 2.86 bits per heavy atom. The number of fused-ring (bicyclic) bond motifs is 1. The van der Waals surface area contributed by atoms with E-state index in [4.69, 9.17) is 14.8 Å². The standard InChI is InChI=1S/C20H23N5O2S/c1-14-5-11-28-18(14)20(26)24-6-4-15(12-24)19-21-17-3-2-16(13-25(17)22-19)23-7-9-27-10-8-23/h2-3,5,11,13,15H,4,6-10,12H2,1H3/t15-/m0/s1. The lowest BCUT2D eigenvalue weighted by atomic mass is 10.1.